The zero-order valence-corrected chi connectivity index (χ0v) is 14.3. The summed E-state index contributed by atoms with van der Waals surface area (Å²) in [4.78, 5) is 10.2. The van der Waals surface area contributed by atoms with Crippen molar-refractivity contribution in [2.45, 2.75) is 4.90 Å². The monoisotopic (exact) mass is 434 g/mol. The Hall–Kier alpha value is -1.45. The topological polar surface area (TPSA) is 89.3 Å². The number of hydrogen-bond donors (Lipinski definition) is 1. The molecule has 9 heteroatoms. The van der Waals surface area contributed by atoms with Crippen molar-refractivity contribution in [2.75, 3.05) is 4.72 Å². The van der Waals surface area contributed by atoms with E-state index in [9.17, 15) is 18.5 Å². The van der Waals surface area contributed by atoms with Crippen molar-refractivity contribution in [3.63, 3.8) is 0 Å². The van der Waals surface area contributed by atoms with Crippen molar-refractivity contribution in [1.82, 2.24) is 0 Å². The number of halogens is 2. The van der Waals surface area contributed by atoms with Crippen LogP contribution in [0.3, 0.4) is 0 Å². The molecule has 21 heavy (non-hydrogen) atoms. The molecule has 0 heterocycles. The van der Waals surface area contributed by atoms with Crippen LogP contribution in [0.25, 0.3) is 0 Å². The summed E-state index contributed by atoms with van der Waals surface area (Å²) in [6.07, 6.45) is 0. The van der Waals surface area contributed by atoms with Crippen LogP contribution >= 0.6 is 31.9 Å². The molecule has 0 aliphatic rings. The Morgan fingerprint density at radius 1 is 1.05 bits per heavy atom. The van der Waals surface area contributed by atoms with E-state index in [2.05, 4.69) is 36.6 Å². The predicted molar refractivity (Wildman–Crippen MR) is 85.7 cm³/mol. The molecule has 0 atom stereocenters. The smallest absolute Gasteiger partial charge is 0.271 e. The zero-order chi connectivity index (χ0) is 15.6. The third-order valence-electron chi connectivity index (χ3n) is 2.53. The molecule has 1 N–H and O–H groups in total. The zero-order valence-electron chi connectivity index (χ0n) is 10.3. The van der Waals surface area contributed by atoms with Crippen LogP contribution in [-0.2, 0) is 10.0 Å². The number of nitro benzene ring substituents is 1. The molecule has 2 rings (SSSR count). The highest BCUT2D eigenvalue weighted by molar-refractivity contribution is 9.10. The first-order valence-electron chi connectivity index (χ1n) is 5.52. The van der Waals surface area contributed by atoms with Crippen LogP contribution in [0.4, 0.5) is 11.4 Å². The lowest BCUT2D eigenvalue weighted by Gasteiger charge is -2.09. The van der Waals surface area contributed by atoms with Crippen molar-refractivity contribution < 1.29 is 13.3 Å². The van der Waals surface area contributed by atoms with Crippen LogP contribution in [0.2, 0.25) is 0 Å². The molecule has 0 aromatic heterocycles. The number of anilines is 1. The van der Waals surface area contributed by atoms with E-state index in [1.54, 1.807) is 12.1 Å². The first kappa shape index (κ1) is 15.9. The Morgan fingerprint density at radius 2 is 1.67 bits per heavy atom. The summed E-state index contributed by atoms with van der Waals surface area (Å²) in [5.74, 6) is 0. The largest absolute Gasteiger partial charge is 0.278 e. The molecule has 0 radical (unpaired) electrons. The maximum atomic E-state index is 12.2. The van der Waals surface area contributed by atoms with Gasteiger partial charge in [-0.05, 0) is 46.3 Å². The van der Waals surface area contributed by atoms with E-state index >= 15 is 0 Å². The van der Waals surface area contributed by atoms with E-state index in [0.717, 1.165) is 10.5 Å². The van der Waals surface area contributed by atoms with Gasteiger partial charge in [0.25, 0.3) is 15.7 Å². The lowest BCUT2D eigenvalue weighted by molar-refractivity contribution is -0.384. The average molecular weight is 436 g/mol. The predicted octanol–water partition coefficient (Wildman–Crippen LogP) is 3.92. The third kappa shape index (κ3) is 3.80. The van der Waals surface area contributed by atoms with Crippen LogP contribution in [0.15, 0.2) is 56.3 Å². The lowest BCUT2D eigenvalue weighted by Crippen LogP contribution is -2.13. The number of sulfonamides is 1. The minimum Gasteiger partial charge on any atom is -0.278 e. The summed E-state index contributed by atoms with van der Waals surface area (Å²) in [6, 6.07) is 9.89. The van der Waals surface area contributed by atoms with Gasteiger partial charge in [-0.3, -0.25) is 14.8 Å². The highest BCUT2D eigenvalue weighted by Crippen LogP contribution is 2.29. The molecule has 0 saturated carbocycles. The van der Waals surface area contributed by atoms with Gasteiger partial charge in [0.1, 0.15) is 0 Å². The fraction of sp³-hybridized carbons (Fsp3) is 0. The van der Waals surface area contributed by atoms with Crippen LogP contribution in [0.5, 0.6) is 0 Å². The molecule has 6 nitrogen and oxygen atoms in total. The minimum atomic E-state index is -3.82. The van der Waals surface area contributed by atoms with Gasteiger partial charge in [-0.2, -0.15) is 0 Å². The second-order valence-electron chi connectivity index (χ2n) is 3.98. The molecule has 0 unspecified atom stereocenters. The van der Waals surface area contributed by atoms with Crippen LogP contribution in [-0.4, -0.2) is 13.3 Å². The Labute approximate surface area is 137 Å². The van der Waals surface area contributed by atoms with Gasteiger partial charge in [-0.1, -0.05) is 15.9 Å². The molecule has 0 spiro atoms. The quantitative estimate of drug-likeness (QED) is 0.582. The molecule has 2 aromatic carbocycles. The molecule has 0 amide bonds. The standard InChI is InChI=1S/C12H8Br2N2O4S/c13-8-1-4-10(5-2-8)21(19,20)15-12-7-9(16(17)18)3-6-11(12)14/h1-7,15H. The Balaban J connectivity index is 2.38. The SMILES string of the molecule is O=[N+]([O-])c1ccc(Br)c(NS(=O)(=O)c2ccc(Br)cc2)c1. The first-order chi connectivity index (χ1) is 9.79. The molecule has 2 aromatic rings. The van der Waals surface area contributed by atoms with E-state index in [4.69, 9.17) is 0 Å². The van der Waals surface area contributed by atoms with Gasteiger partial charge in [0.05, 0.1) is 15.5 Å². The molecule has 0 aliphatic heterocycles. The average Bonchev–Trinajstić information content (AvgIpc) is 2.41. The maximum Gasteiger partial charge on any atom is 0.271 e. The lowest BCUT2D eigenvalue weighted by atomic mass is 10.3. The molecule has 0 bridgehead atoms. The first-order valence-corrected chi connectivity index (χ1v) is 8.59. The van der Waals surface area contributed by atoms with E-state index in [1.165, 1.54) is 24.3 Å². The maximum absolute atomic E-state index is 12.2. The number of hydrogen-bond acceptors (Lipinski definition) is 4. The molecular formula is C12H8Br2N2O4S. The van der Waals surface area contributed by atoms with Crippen LogP contribution < -0.4 is 4.72 Å². The number of nitrogens with zero attached hydrogens (tertiary/aromatic N) is 1. The number of benzene rings is 2. The molecule has 110 valence electrons. The fourth-order valence-corrected chi connectivity index (χ4v) is 3.33. The van der Waals surface area contributed by atoms with Crippen LogP contribution in [0, 0.1) is 10.1 Å². The van der Waals surface area contributed by atoms with E-state index in [1.807, 2.05) is 0 Å². The Bertz CT molecular complexity index is 791. The number of non-ortho nitro benzene ring substituents is 1. The summed E-state index contributed by atoms with van der Waals surface area (Å²) >= 11 is 6.38. The summed E-state index contributed by atoms with van der Waals surface area (Å²) in [5.41, 5.74) is -0.0983. The Morgan fingerprint density at radius 3 is 2.24 bits per heavy atom. The normalized spacial score (nSPS) is 11.1. The van der Waals surface area contributed by atoms with Gasteiger partial charge < -0.3 is 0 Å². The van der Waals surface area contributed by atoms with Crippen molar-refractivity contribution in [3.05, 3.63) is 61.5 Å². The highest BCUT2D eigenvalue weighted by Gasteiger charge is 2.17. The number of nitro groups is 1. The third-order valence-corrected chi connectivity index (χ3v) is 5.13. The minimum absolute atomic E-state index is 0.0594. The molecule has 0 saturated heterocycles. The summed E-state index contributed by atoms with van der Waals surface area (Å²) < 4.78 is 27.9. The summed E-state index contributed by atoms with van der Waals surface area (Å²) in [7, 11) is -3.82. The van der Waals surface area contributed by atoms with E-state index in [-0.39, 0.29) is 16.3 Å². The highest BCUT2D eigenvalue weighted by atomic mass is 79.9. The van der Waals surface area contributed by atoms with Crippen molar-refractivity contribution in [2.24, 2.45) is 0 Å². The summed E-state index contributed by atoms with van der Waals surface area (Å²) in [6.45, 7) is 0. The van der Waals surface area contributed by atoms with Gasteiger partial charge in [0.15, 0.2) is 0 Å². The van der Waals surface area contributed by atoms with Crippen molar-refractivity contribution in [3.8, 4) is 0 Å². The summed E-state index contributed by atoms with van der Waals surface area (Å²) in [5, 5.41) is 10.7. The Kier molecular flexibility index (Phi) is 4.64. The van der Waals surface area contributed by atoms with E-state index in [0.29, 0.717) is 4.47 Å². The van der Waals surface area contributed by atoms with Gasteiger partial charge in [0, 0.05) is 21.1 Å². The second kappa shape index (κ2) is 6.12. The molecular weight excluding hydrogens is 428 g/mol. The van der Waals surface area contributed by atoms with Gasteiger partial charge in [-0.25, -0.2) is 8.42 Å². The van der Waals surface area contributed by atoms with E-state index < -0.39 is 14.9 Å². The number of rotatable bonds is 4. The molecule has 0 fully saturated rings. The number of nitrogens with one attached hydrogen (secondary N) is 1. The molecule has 0 aliphatic carbocycles. The fourth-order valence-electron chi connectivity index (χ4n) is 1.52. The van der Waals surface area contributed by atoms with Gasteiger partial charge >= 0.3 is 0 Å². The van der Waals surface area contributed by atoms with Crippen molar-refractivity contribution in [1.29, 1.82) is 0 Å². The second-order valence-corrected chi connectivity index (χ2v) is 7.43. The van der Waals surface area contributed by atoms with Gasteiger partial charge in [-0.15, -0.1) is 0 Å². The van der Waals surface area contributed by atoms with Crippen LogP contribution in [0.1, 0.15) is 0 Å². The van der Waals surface area contributed by atoms with Gasteiger partial charge in [0.2, 0.25) is 0 Å². The van der Waals surface area contributed by atoms with Crippen molar-refractivity contribution >= 4 is 53.3 Å².